The molecule has 2 aromatic rings. The Morgan fingerprint density at radius 3 is 2.67 bits per heavy atom. The summed E-state index contributed by atoms with van der Waals surface area (Å²) < 4.78 is 15.2. The summed E-state index contributed by atoms with van der Waals surface area (Å²) in [5.41, 5.74) is 3.16. The van der Waals surface area contributed by atoms with E-state index in [1.807, 2.05) is 11.7 Å². The molecular formula is C16H21ClFN3. The zero-order valence-electron chi connectivity index (χ0n) is 12.7. The SMILES string of the molecule is CCc1cc(CC(NC)c2ccc(F)cc2Cl)n(CC)n1. The molecule has 0 radical (unpaired) electrons. The molecule has 0 bridgehead atoms. The molecule has 1 atom stereocenters. The Balaban J connectivity index is 2.28. The number of nitrogens with one attached hydrogen (secondary N) is 1. The summed E-state index contributed by atoms with van der Waals surface area (Å²) in [6.07, 6.45) is 1.68. The van der Waals surface area contributed by atoms with Crippen LogP contribution in [-0.4, -0.2) is 16.8 Å². The lowest BCUT2D eigenvalue weighted by Gasteiger charge is -2.18. The Bertz CT molecular complexity index is 610. The molecule has 0 aliphatic heterocycles. The highest BCUT2D eigenvalue weighted by atomic mass is 35.5. The number of hydrogen-bond acceptors (Lipinski definition) is 2. The fraction of sp³-hybridized carbons (Fsp3) is 0.438. The van der Waals surface area contributed by atoms with E-state index in [9.17, 15) is 4.39 Å². The number of likely N-dealkylation sites (N-methyl/N-ethyl adjacent to an activating group) is 1. The molecule has 0 amide bonds. The first-order chi connectivity index (χ1) is 10.1. The third kappa shape index (κ3) is 3.63. The van der Waals surface area contributed by atoms with Gasteiger partial charge >= 0.3 is 0 Å². The molecular weight excluding hydrogens is 289 g/mol. The molecule has 1 unspecified atom stereocenters. The zero-order valence-corrected chi connectivity index (χ0v) is 13.4. The fourth-order valence-electron chi connectivity index (χ4n) is 2.49. The van der Waals surface area contributed by atoms with Crippen molar-refractivity contribution in [3.05, 3.63) is 52.1 Å². The van der Waals surface area contributed by atoms with E-state index in [2.05, 4.69) is 30.3 Å². The number of rotatable bonds is 6. The highest BCUT2D eigenvalue weighted by Gasteiger charge is 2.17. The highest BCUT2D eigenvalue weighted by molar-refractivity contribution is 6.31. The van der Waals surface area contributed by atoms with Crippen LogP contribution in [-0.2, 0) is 19.4 Å². The minimum atomic E-state index is -0.314. The summed E-state index contributed by atoms with van der Waals surface area (Å²) in [5.74, 6) is -0.314. The maximum atomic E-state index is 13.2. The third-order valence-electron chi connectivity index (χ3n) is 3.68. The smallest absolute Gasteiger partial charge is 0.124 e. The Labute approximate surface area is 130 Å². The number of aromatic nitrogens is 2. The molecule has 1 aromatic carbocycles. The first kappa shape index (κ1) is 16.0. The van der Waals surface area contributed by atoms with Crippen molar-refractivity contribution in [2.24, 2.45) is 0 Å². The average molecular weight is 310 g/mol. The van der Waals surface area contributed by atoms with Crippen molar-refractivity contribution in [1.82, 2.24) is 15.1 Å². The van der Waals surface area contributed by atoms with Crippen LogP contribution in [0.5, 0.6) is 0 Å². The molecule has 0 spiro atoms. The molecule has 0 saturated heterocycles. The minimum absolute atomic E-state index is 0.0322. The van der Waals surface area contributed by atoms with Gasteiger partial charge in [0.05, 0.1) is 5.69 Å². The molecule has 2 rings (SSSR count). The molecule has 1 heterocycles. The van der Waals surface area contributed by atoms with Gasteiger partial charge in [-0.25, -0.2) is 4.39 Å². The Morgan fingerprint density at radius 1 is 1.33 bits per heavy atom. The monoisotopic (exact) mass is 309 g/mol. The number of benzene rings is 1. The topological polar surface area (TPSA) is 29.9 Å². The first-order valence-electron chi connectivity index (χ1n) is 7.26. The van der Waals surface area contributed by atoms with E-state index in [0.717, 1.165) is 36.3 Å². The van der Waals surface area contributed by atoms with E-state index in [1.54, 1.807) is 6.07 Å². The van der Waals surface area contributed by atoms with Crippen LogP contribution in [0.15, 0.2) is 24.3 Å². The van der Waals surface area contributed by atoms with Gasteiger partial charge in [0.2, 0.25) is 0 Å². The first-order valence-corrected chi connectivity index (χ1v) is 7.64. The molecule has 0 saturated carbocycles. The summed E-state index contributed by atoms with van der Waals surface area (Å²) in [5, 5.41) is 8.27. The number of aryl methyl sites for hydroxylation is 2. The van der Waals surface area contributed by atoms with E-state index in [-0.39, 0.29) is 11.9 Å². The van der Waals surface area contributed by atoms with E-state index >= 15 is 0 Å². The largest absolute Gasteiger partial charge is 0.313 e. The fourth-order valence-corrected chi connectivity index (χ4v) is 2.79. The van der Waals surface area contributed by atoms with Gasteiger partial charge in [0, 0.05) is 29.7 Å². The molecule has 0 aliphatic carbocycles. The van der Waals surface area contributed by atoms with Gasteiger partial charge in [0.25, 0.3) is 0 Å². The molecule has 114 valence electrons. The van der Waals surface area contributed by atoms with E-state index in [0.29, 0.717) is 5.02 Å². The van der Waals surface area contributed by atoms with Crippen LogP contribution in [0.25, 0.3) is 0 Å². The van der Waals surface area contributed by atoms with Crippen molar-refractivity contribution in [3.63, 3.8) is 0 Å². The van der Waals surface area contributed by atoms with Gasteiger partial charge in [-0.05, 0) is 44.2 Å². The number of nitrogens with zero attached hydrogens (tertiary/aromatic N) is 2. The average Bonchev–Trinajstić information content (AvgIpc) is 2.87. The number of hydrogen-bond donors (Lipinski definition) is 1. The second kappa shape index (κ2) is 7.05. The lowest BCUT2D eigenvalue weighted by Crippen LogP contribution is -2.21. The molecule has 3 nitrogen and oxygen atoms in total. The third-order valence-corrected chi connectivity index (χ3v) is 4.00. The zero-order chi connectivity index (χ0) is 15.4. The van der Waals surface area contributed by atoms with E-state index in [1.165, 1.54) is 12.1 Å². The van der Waals surface area contributed by atoms with Gasteiger partial charge in [-0.15, -0.1) is 0 Å². The van der Waals surface area contributed by atoms with Crippen molar-refractivity contribution >= 4 is 11.6 Å². The Morgan fingerprint density at radius 2 is 2.10 bits per heavy atom. The van der Waals surface area contributed by atoms with Crippen molar-refractivity contribution < 1.29 is 4.39 Å². The lowest BCUT2D eigenvalue weighted by molar-refractivity contribution is 0.539. The van der Waals surface area contributed by atoms with Gasteiger partial charge in [0.1, 0.15) is 5.82 Å². The van der Waals surface area contributed by atoms with Gasteiger partial charge in [-0.1, -0.05) is 24.6 Å². The van der Waals surface area contributed by atoms with Crippen LogP contribution >= 0.6 is 11.6 Å². The molecule has 21 heavy (non-hydrogen) atoms. The minimum Gasteiger partial charge on any atom is -0.313 e. The molecule has 5 heteroatoms. The maximum absolute atomic E-state index is 13.2. The second-order valence-electron chi connectivity index (χ2n) is 5.01. The van der Waals surface area contributed by atoms with Gasteiger partial charge in [-0.3, -0.25) is 4.68 Å². The van der Waals surface area contributed by atoms with Crippen LogP contribution in [0.1, 0.15) is 36.8 Å². The van der Waals surface area contributed by atoms with Gasteiger partial charge in [-0.2, -0.15) is 5.10 Å². The summed E-state index contributed by atoms with van der Waals surface area (Å²) in [7, 11) is 1.89. The summed E-state index contributed by atoms with van der Waals surface area (Å²) in [6, 6.07) is 6.71. The van der Waals surface area contributed by atoms with Crippen LogP contribution in [0.2, 0.25) is 5.02 Å². The quantitative estimate of drug-likeness (QED) is 0.880. The number of halogens is 2. The molecule has 0 fully saturated rings. The van der Waals surface area contributed by atoms with Crippen molar-refractivity contribution in [3.8, 4) is 0 Å². The van der Waals surface area contributed by atoms with E-state index < -0.39 is 0 Å². The van der Waals surface area contributed by atoms with Gasteiger partial charge in [0.15, 0.2) is 0 Å². The highest BCUT2D eigenvalue weighted by Crippen LogP contribution is 2.26. The molecule has 0 aliphatic rings. The normalized spacial score (nSPS) is 12.6. The summed E-state index contributed by atoms with van der Waals surface area (Å²) >= 11 is 6.17. The van der Waals surface area contributed by atoms with Crippen LogP contribution in [0, 0.1) is 5.82 Å². The Kier molecular flexibility index (Phi) is 5.37. The van der Waals surface area contributed by atoms with Crippen LogP contribution in [0.3, 0.4) is 0 Å². The Hall–Kier alpha value is -1.39. The van der Waals surface area contributed by atoms with E-state index in [4.69, 9.17) is 11.6 Å². The van der Waals surface area contributed by atoms with Gasteiger partial charge < -0.3 is 5.32 Å². The standard InChI is InChI=1S/C16H21ClFN3/c1-4-12-9-13(21(5-2)20-12)10-16(19-3)14-7-6-11(18)8-15(14)17/h6-9,16,19H,4-5,10H2,1-3H3. The van der Waals surface area contributed by atoms with Crippen LogP contribution < -0.4 is 5.32 Å². The molecule has 1 N–H and O–H groups in total. The second-order valence-corrected chi connectivity index (χ2v) is 5.41. The molecule has 1 aromatic heterocycles. The maximum Gasteiger partial charge on any atom is 0.124 e. The van der Waals surface area contributed by atoms with Crippen molar-refractivity contribution in [2.45, 2.75) is 39.3 Å². The predicted molar refractivity (Wildman–Crippen MR) is 84.2 cm³/mol. The van der Waals surface area contributed by atoms with Crippen molar-refractivity contribution in [1.29, 1.82) is 0 Å². The predicted octanol–water partition coefficient (Wildman–Crippen LogP) is 3.76. The summed E-state index contributed by atoms with van der Waals surface area (Å²) in [4.78, 5) is 0. The van der Waals surface area contributed by atoms with Crippen LogP contribution in [0.4, 0.5) is 4.39 Å². The van der Waals surface area contributed by atoms with Crippen molar-refractivity contribution in [2.75, 3.05) is 7.05 Å². The lowest BCUT2D eigenvalue weighted by atomic mass is 10.0. The summed E-state index contributed by atoms with van der Waals surface area (Å²) in [6.45, 7) is 5.01.